The number of likely N-dealkylation sites (tertiary alicyclic amines) is 1. The van der Waals surface area contributed by atoms with Crippen molar-refractivity contribution < 1.29 is 9.18 Å². The largest absolute Gasteiger partial charge is 0.379 e. The average Bonchev–Trinajstić information content (AvgIpc) is 2.88. The van der Waals surface area contributed by atoms with E-state index in [9.17, 15) is 9.18 Å². The van der Waals surface area contributed by atoms with Gasteiger partial charge < -0.3 is 20.9 Å². The Kier molecular flexibility index (Phi) is 8.62. The second-order valence-electron chi connectivity index (χ2n) is 8.76. The van der Waals surface area contributed by atoms with Gasteiger partial charge in [-0.25, -0.2) is 14.4 Å². The van der Waals surface area contributed by atoms with Crippen LogP contribution >= 0.6 is 0 Å². The van der Waals surface area contributed by atoms with Crippen LogP contribution in [0.15, 0.2) is 59.4 Å². The number of aliphatic imine (C=N–C) groups is 1. The third-order valence-electron chi connectivity index (χ3n) is 6.14. The molecular formula is C26H33FN6O. The van der Waals surface area contributed by atoms with Crippen molar-refractivity contribution in [3.8, 4) is 0 Å². The van der Waals surface area contributed by atoms with Crippen molar-refractivity contribution in [1.82, 2.24) is 15.2 Å². The fourth-order valence-corrected chi connectivity index (χ4v) is 4.19. The Morgan fingerprint density at radius 2 is 1.97 bits per heavy atom. The number of anilines is 2. The third-order valence-corrected chi connectivity index (χ3v) is 6.14. The molecule has 8 heteroatoms. The van der Waals surface area contributed by atoms with Crippen molar-refractivity contribution in [2.24, 2.45) is 4.99 Å². The van der Waals surface area contributed by atoms with Crippen molar-refractivity contribution in [3.05, 3.63) is 65.7 Å². The number of carbonyl (C=O) groups is 1. The zero-order chi connectivity index (χ0) is 23.6. The first-order valence-corrected chi connectivity index (χ1v) is 12.1. The van der Waals surface area contributed by atoms with Crippen LogP contribution in [0.2, 0.25) is 0 Å². The highest BCUT2D eigenvalue weighted by Crippen LogP contribution is 2.19. The molecule has 1 saturated heterocycles. The summed E-state index contributed by atoms with van der Waals surface area (Å²) in [7, 11) is 0. The van der Waals surface area contributed by atoms with E-state index >= 15 is 0 Å². The summed E-state index contributed by atoms with van der Waals surface area (Å²) in [5, 5.41) is 9.29. The number of carbonyl (C=O) groups excluding carboxylic acids is 1. The molecule has 1 fully saturated rings. The maximum Gasteiger partial charge on any atom is 0.251 e. The van der Waals surface area contributed by atoms with Crippen molar-refractivity contribution >= 4 is 23.2 Å². The lowest BCUT2D eigenvalue weighted by molar-refractivity contribution is 0.0951. The zero-order valence-electron chi connectivity index (χ0n) is 19.5. The van der Waals surface area contributed by atoms with E-state index in [1.165, 1.54) is 31.4 Å². The van der Waals surface area contributed by atoms with Crippen molar-refractivity contribution in [2.45, 2.75) is 38.5 Å². The van der Waals surface area contributed by atoms with Crippen molar-refractivity contribution in [3.63, 3.8) is 0 Å². The molecule has 2 aliphatic heterocycles. The highest BCUT2D eigenvalue weighted by atomic mass is 19.1. The summed E-state index contributed by atoms with van der Waals surface area (Å²) in [6.45, 7) is 4.41. The molecule has 0 bridgehead atoms. The van der Waals surface area contributed by atoms with Crippen LogP contribution in [0.5, 0.6) is 0 Å². The van der Waals surface area contributed by atoms with Gasteiger partial charge in [0, 0.05) is 37.5 Å². The highest BCUT2D eigenvalue weighted by molar-refractivity contribution is 5.96. The van der Waals surface area contributed by atoms with Crippen LogP contribution in [0.25, 0.3) is 0 Å². The molecule has 4 rings (SSSR count). The minimum atomic E-state index is -0.376. The lowest BCUT2D eigenvalue weighted by atomic mass is 10.1. The van der Waals surface area contributed by atoms with Gasteiger partial charge in [-0.1, -0.05) is 12.5 Å². The number of amides is 1. The number of piperidine rings is 1. The average molecular weight is 465 g/mol. The van der Waals surface area contributed by atoms with Gasteiger partial charge in [-0.05, 0) is 81.2 Å². The molecule has 0 radical (unpaired) electrons. The molecule has 1 aromatic carbocycles. The minimum absolute atomic E-state index is 0.173. The maximum atomic E-state index is 14.3. The number of halogens is 1. The highest BCUT2D eigenvalue weighted by Gasteiger charge is 2.13. The van der Waals surface area contributed by atoms with Gasteiger partial charge in [0.2, 0.25) is 0 Å². The second kappa shape index (κ2) is 12.3. The van der Waals surface area contributed by atoms with E-state index in [1.807, 2.05) is 18.2 Å². The molecule has 0 atom stereocenters. The number of amidine groups is 1. The fraction of sp³-hybridized carbons (Fsp3) is 0.423. The number of nitrogens with zero attached hydrogens (tertiary/aromatic N) is 3. The zero-order valence-corrected chi connectivity index (χ0v) is 19.5. The maximum absolute atomic E-state index is 14.3. The third kappa shape index (κ3) is 7.12. The van der Waals surface area contributed by atoms with Crippen LogP contribution in [0.1, 0.15) is 48.9 Å². The molecule has 1 amide bonds. The predicted octanol–water partition coefficient (Wildman–Crippen LogP) is 4.43. The molecule has 1 aromatic heterocycles. The second-order valence-corrected chi connectivity index (χ2v) is 8.76. The molecule has 3 heterocycles. The summed E-state index contributed by atoms with van der Waals surface area (Å²) < 4.78 is 14.3. The van der Waals surface area contributed by atoms with Crippen molar-refractivity contribution in [2.75, 3.05) is 43.4 Å². The molecule has 0 unspecified atom stereocenters. The topological polar surface area (TPSA) is 81.7 Å². The first kappa shape index (κ1) is 23.9. The van der Waals surface area contributed by atoms with Crippen LogP contribution in [0, 0.1) is 5.82 Å². The normalized spacial score (nSPS) is 16.4. The minimum Gasteiger partial charge on any atom is -0.379 e. The van der Waals surface area contributed by atoms with E-state index in [-0.39, 0.29) is 11.7 Å². The van der Waals surface area contributed by atoms with Gasteiger partial charge in [0.15, 0.2) is 0 Å². The molecule has 0 aliphatic carbocycles. The Hall–Kier alpha value is -3.26. The van der Waals surface area contributed by atoms with E-state index in [1.54, 1.807) is 18.5 Å². The number of rotatable bonds is 9. The van der Waals surface area contributed by atoms with E-state index in [0.29, 0.717) is 24.3 Å². The van der Waals surface area contributed by atoms with Crippen LogP contribution in [-0.2, 0) is 0 Å². The van der Waals surface area contributed by atoms with Gasteiger partial charge >= 0.3 is 0 Å². The molecule has 3 N–H and O–H groups in total. The van der Waals surface area contributed by atoms with E-state index in [2.05, 4.69) is 30.8 Å². The van der Waals surface area contributed by atoms with Gasteiger partial charge in [0.25, 0.3) is 5.91 Å². The molecule has 180 valence electrons. The Morgan fingerprint density at radius 1 is 1.09 bits per heavy atom. The summed E-state index contributed by atoms with van der Waals surface area (Å²) in [6.07, 6.45) is 9.88. The van der Waals surface area contributed by atoms with E-state index in [0.717, 1.165) is 56.1 Å². The predicted molar refractivity (Wildman–Crippen MR) is 135 cm³/mol. The Bertz CT molecular complexity index is 1020. The van der Waals surface area contributed by atoms with Gasteiger partial charge in [-0.15, -0.1) is 0 Å². The molecule has 0 spiro atoms. The smallest absolute Gasteiger partial charge is 0.251 e. The molecule has 0 saturated carbocycles. The molecular weight excluding hydrogens is 431 g/mol. The van der Waals surface area contributed by atoms with Crippen LogP contribution in [0.4, 0.5) is 15.9 Å². The molecule has 34 heavy (non-hydrogen) atoms. The quantitative estimate of drug-likeness (QED) is 0.479. The number of aromatic nitrogens is 1. The molecule has 2 aromatic rings. The molecule has 2 aliphatic rings. The van der Waals surface area contributed by atoms with Gasteiger partial charge in [-0.2, -0.15) is 0 Å². The Labute approximate surface area is 200 Å². The summed E-state index contributed by atoms with van der Waals surface area (Å²) in [6, 6.07) is 10.1. The monoisotopic (exact) mass is 464 g/mol. The summed E-state index contributed by atoms with van der Waals surface area (Å²) >= 11 is 0. The first-order valence-electron chi connectivity index (χ1n) is 12.1. The van der Waals surface area contributed by atoms with Crippen LogP contribution in [-0.4, -0.2) is 54.4 Å². The number of nitrogens with one attached hydrogen (secondary N) is 3. The summed E-state index contributed by atoms with van der Waals surface area (Å²) in [4.78, 5) is 23.7. The number of hydrogen-bond donors (Lipinski definition) is 3. The Balaban J connectivity index is 1.24. The molecule has 7 nitrogen and oxygen atoms in total. The van der Waals surface area contributed by atoms with Crippen LogP contribution in [0.3, 0.4) is 0 Å². The van der Waals surface area contributed by atoms with E-state index in [4.69, 9.17) is 0 Å². The summed E-state index contributed by atoms with van der Waals surface area (Å²) in [5.74, 6) is 1.07. The van der Waals surface area contributed by atoms with Gasteiger partial charge in [0.1, 0.15) is 17.5 Å². The van der Waals surface area contributed by atoms with Gasteiger partial charge in [0.05, 0.1) is 5.69 Å². The van der Waals surface area contributed by atoms with E-state index < -0.39 is 0 Å². The Morgan fingerprint density at radius 3 is 2.74 bits per heavy atom. The van der Waals surface area contributed by atoms with Crippen molar-refractivity contribution in [1.29, 1.82) is 0 Å². The van der Waals surface area contributed by atoms with Crippen LogP contribution < -0.4 is 16.0 Å². The number of pyridine rings is 1. The first-order chi connectivity index (χ1) is 16.7. The SMILES string of the molecule is O=C(NCCCN1CCCCC1)c1ccc(F)c(NCC2=CN=C(Nc3ccccn3)CC2)c1. The number of benzene rings is 1. The fourth-order valence-electron chi connectivity index (χ4n) is 4.19. The summed E-state index contributed by atoms with van der Waals surface area (Å²) in [5.41, 5.74) is 1.85. The lowest BCUT2D eigenvalue weighted by Crippen LogP contribution is -2.33. The lowest BCUT2D eigenvalue weighted by Gasteiger charge is -2.26. The number of hydrogen-bond acceptors (Lipinski definition) is 6. The van der Waals surface area contributed by atoms with Gasteiger partial charge in [-0.3, -0.25) is 4.79 Å². The standard InChI is InChI=1S/C26H33FN6O/c27-22-10-9-21(26(34)29-13-6-16-33-14-4-1-5-15-33)17-23(22)30-18-20-8-11-25(31-19-20)32-24-7-2-3-12-28-24/h2-3,7,9-10,12,17,19,30H,1,4-6,8,11,13-16,18H2,(H,29,34)(H,28,31,32).